The Kier molecular flexibility index (Phi) is 2.18. The van der Waals surface area contributed by atoms with E-state index in [2.05, 4.69) is 6.92 Å². The Morgan fingerprint density at radius 2 is 2.13 bits per heavy atom. The molecule has 3 nitrogen and oxygen atoms in total. The molecule has 1 aromatic rings. The lowest BCUT2D eigenvalue weighted by Crippen LogP contribution is -2.29. The monoisotopic (exact) mass is 204 g/mol. The lowest BCUT2D eigenvalue weighted by Gasteiger charge is -2.18. The predicted octanol–water partition coefficient (Wildman–Crippen LogP) is 1.91. The molecule has 2 unspecified atom stereocenters. The number of nitrogens with one attached hydrogen (secondary N) is 1. The Morgan fingerprint density at radius 1 is 1.53 bits per heavy atom. The topological polar surface area (TPSA) is 59.1 Å². The van der Waals surface area contributed by atoms with E-state index in [0.717, 1.165) is 17.7 Å². The number of ether oxygens (including phenoxy) is 1. The van der Waals surface area contributed by atoms with Crippen LogP contribution < -0.4 is 10.5 Å². The first-order valence-electron chi connectivity index (χ1n) is 5.11. The van der Waals surface area contributed by atoms with Crippen molar-refractivity contribution in [1.29, 1.82) is 5.41 Å². The predicted molar refractivity (Wildman–Crippen MR) is 60.4 cm³/mol. The third-order valence-electron chi connectivity index (χ3n) is 3.38. The maximum atomic E-state index is 7.72. The number of hydrogen-bond donors (Lipinski definition) is 2. The van der Waals surface area contributed by atoms with E-state index < -0.39 is 0 Å². The number of methoxy groups -OCH3 is 1. The average Bonchev–Trinajstić information content (AvgIpc) is 2.91. The molecule has 1 aromatic carbocycles. The number of para-hydroxylation sites is 1. The molecule has 15 heavy (non-hydrogen) atoms. The number of benzene rings is 1. The maximum absolute atomic E-state index is 7.72. The van der Waals surface area contributed by atoms with Crippen molar-refractivity contribution < 1.29 is 4.74 Å². The van der Waals surface area contributed by atoms with Crippen molar-refractivity contribution in [2.45, 2.75) is 18.8 Å². The molecule has 0 bridgehead atoms. The quantitative estimate of drug-likeness (QED) is 0.583. The third-order valence-corrected chi connectivity index (χ3v) is 3.38. The van der Waals surface area contributed by atoms with Crippen LogP contribution in [0.15, 0.2) is 24.3 Å². The van der Waals surface area contributed by atoms with Gasteiger partial charge in [-0.25, -0.2) is 0 Å². The van der Waals surface area contributed by atoms with E-state index >= 15 is 0 Å². The van der Waals surface area contributed by atoms with Crippen LogP contribution in [0.2, 0.25) is 0 Å². The van der Waals surface area contributed by atoms with E-state index in [4.69, 9.17) is 15.9 Å². The first-order chi connectivity index (χ1) is 7.13. The summed E-state index contributed by atoms with van der Waals surface area (Å²) < 4.78 is 5.32. The summed E-state index contributed by atoms with van der Waals surface area (Å²) >= 11 is 0. The van der Waals surface area contributed by atoms with Crippen LogP contribution in [0.1, 0.15) is 18.9 Å². The van der Waals surface area contributed by atoms with Gasteiger partial charge in [0.1, 0.15) is 11.6 Å². The van der Waals surface area contributed by atoms with Gasteiger partial charge in [0.05, 0.1) is 12.5 Å². The Morgan fingerprint density at radius 3 is 2.60 bits per heavy atom. The molecule has 0 saturated heterocycles. The van der Waals surface area contributed by atoms with Crippen molar-refractivity contribution in [1.82, 2.24) is 0 Å². The van der Waals surface area contributed by atoms with Crippen LogP contribution in [0.25, 0.3) is 0 Å². The molecule has 2 rings (SSSR count). The Balaban J connectivity index is 2.49. The fourth-order valence-corrected chi connectivity index (χ4v) is 2.33. The molecular weight excluding hydrogens is 188 g/mol. The normalized spacial score (nSPS) is 28.5. The van der Waals surface area contributed by atoms with Gasteiger partial charge in [0.25, 0.3) is 0 Å². The van der Waals surface area contributed by atoms with E-state index in [1.807, 2.05) is 24.3 Å². The van der Waals surface area contributed by atoms with E-state index in [-0.39, 0.29) is 11.3 Å². The van der Waals surface area contributed by atoms with Crippen LogP contribution >= 0.6 is 0 Å². The first kappa shape index (κ1) is 10.0. The largest absolute Gasteiger partial charge is 0.496 e. The van der Waals surface area contributed by atoms with Gasteiger partial charge >= 0.3 is 0 Å². The van der Waals surface area contributed by atoms with Crippen LogP contribution in [0.5, 0.6) is 5.75 Å². The van der Waals surface area contributed by atoms with Crippen molar-refractivity contribution in [2.24, 2.45) is 11.7 Å². The van der Waals surface area contributed by atoms with Gasteiger partial charge in [-0.3, -0.25) is 5.41 Å². The average molecular weight is 204 g/mol. The van der Waals surface area contributed by atoms with Crippen molar-refractivity contribution in [3.05, 3.63) is 29.8 Å². The summed E-state index contributed by atoms with van der Waals surface area (Å²) in [4.78, 5) is 0. The number of rotatable bonds is 3. The van der Waals surface area contributed by atoms with Crippen LogP contribution in [-0.4, -0.2) is 12.9 Å². The molecule has 0 spiro atoms. The summed E-state index contributed by atoms with van der Waals surface area (Å²) in [5.74, 6) is 1.52. The molecule has 3 N–H and O–H groups in total. The second kappa shape index (κ2) is 3.26. The number of hydrogen-bond acceptors (Lipinski definition) is 2. The Hall–Kier alpha value is -1.51. The van der Waals surface area contributed by atoms with Gasteiger partial charge in [0.15, 0.2) is 0 Å². The fraction of sp³-hybridized carbons (Fsp3) is 0.417. The summed E-state index contributed by atoms with van der Waals surface area (Å²) in [6.45, 7) is 2.12. The smallest absolute Gasteiger partial charge is 0.123 e. The lowest BCUT2D eigenvalue weighted by atomic mass is 9.91. The summed E-state index contributed by atoms with van der Waals surface area (Å²) in [6, 6.07) is 7.82. The third kappa shape index (κ3) is 1.30. The molecule has 0 amide bonds. The highest BCUT2D eigenvalue weighted by atomic mass is 16.5. The Bertz CT molecular complexity index is 402. The van der Waals surface area contributed by atoms with Gasteiger partial charge in [0, 0.05) is 5.56 Å². The fourth-order valence-electron chi connectivity index (χ4n) is 2.33. The van der Waals surface area contributed by atoms with Crippen molar-refractivity contribution in [3.8, 4) is 5.75 Å². The molecule has 0 aliphatic heterocycles. The molecule has 1 aliphatic rings. The summed E-state index contributed by atoms with van der Waals surface area (Å²) in [5, 5.41) is 7.72. The van der Waals surface area contributed by atoms with Gasteiger partial charge in [-0.1, -0.05) is 25.1 Å². The number of amidine groups is 1. The minimum absolute atomic E-state index is 0.250. The summed E-state index contributed by atoms with van der Waals surface area (Å²) in [5.41, 5.74) is 6.48. The van der Waals surface area contributed by atoms with Gasteiger partial charge in [-0.05, 0) is 18.4 Å². The molecule has 1 fully saturated rings. The molecular formula is C12H16N2O. The highest BCUT2D eigenvalue weighted by Gasteiger charge is 2.56. The SMILES string of the molecule is COc1ccccc1C1(C(=N)N)CC1C. The van der Waals surface area contributed by atoms with Crippen molar-refractivity contribution in [2.75, 3.05) is 7.11 Å². The minimum atomic E-state index is -0.271. The molecule has 0 heterocycles. The molecule has 1 saturated carbocycles. The second-order valence-electron chi connectivity index (χ2n) is 4.19. The highest BCUT2D eigenvalue weighted by Crippen LogP contribution is 2.56. The summed E-state index contributed by atoms with van der Waals surface area (Å²) in [6.07, 6.45) is 0.947. The van der Waals surface area contributed by atoms with Crippen molar-refractivity contribution >= 4 is 5.84 Å². The van der Waals surface area contributed by atoms with Crippen LogP contribution in [0, 0.1) is 11.3 Å². The van der Waals surface area contributed by atoms with E-state index in [0.29, 0.717) is 5.92 Å². The molecule has 1 aliphatic carbocycles. The van der Waals surface area contributed by atoms with Gasteiger partial charge < -0.3 is 10.5 Å². The highest BCUT2D eigenvalue weighted by molar-refractivity contribution is 5.93. The first-order valence-corrected chi connectivity index (χ1v) is 5.11. The van der Waals surface area contributed by atoms with E-state index in [1.165, 1.54) is 0 Å². The van der Waals surface area contributed by atoms with Crippen LogP contribution in [0.4, 0.5) is 0 Å². The van der Waals surface area contributed by atoms with Crippen LogP contribution in [-0.2, 0) is 5.41 Å². The van der Waals surface area contributed by atoms with Gasteiger partial charge in [-0.15, -0.1) is 0 Å². The van der Waals surface area contributed by atoms with Gasteiger partial charge in [0.2, 0.25) is 0 Å². The maximum Gasteiger partial charge on any atom is 0.123 e. The molecule has 2 atom stereocenters. The molecule has 3 heteroatoms. The molecule has 0 radical (unpaired) electrons. The zero-order valence-corrected chi connectivity index (χ0v) is 9.08. The van der Waals surface area contributed by atoms with Crippen molar-refractivity contribution in [3.63, 3.8) is 0 Å². The summed E-state index contributed by atoms with van der Waals surface area (Å²) in [7, 11) is 1.65. The van der Waals surface area contributed by atoms with E-state index in [9.17, 15) is 0 Å². The standard InChI is InChI=1S/C12H16N2O/c1-8-7-12(8,11(13)14)9-5-3-4-6-10(9)15-2/h3-6,8H,7H2,1-2H3,(H3,13,14). The zero-order valence-electron chi connectivity index (χ0n) is 9.08. The molecule has 0 aromatic heterocycles. The zero-order chi connectivity index (χ0) is 11.1. The lowest BCUT2D eigenvalue weighted by molar-refractivity contribution is 0.407. The molecule has 80 valence electrons. The van der Waals surface area contributed by atoms with Crippen LogP contribution in [0.3, 0.4) is 0 Å². The second-order valence-corrected chi connectivity index (χ2v) is 4.19. The Labute approximate surface area is 89.8 Å². The van der Waals surface area contributed by atoms with Gasteiger partial charge in [-0.2, -0.15) is 0 Å². The number of nitrogens with two attached hydrogens (primary N) is 1. The minimum Gasteiger partial charge on any atom is -0.496 e. The van der Waals surface area contributed by atoms with E-state index in [1.54, 1.807) is 7.11 Å².